The molecule has 0 saturated heterocycles. The van der Waals surface area contributed by atoms with Gasteiger partial charge in [0, 0.05) is 5.56 Å². The molecule has 3 nitrogen and oxygen atoms in total. The third-order valence-corrected chi connectivity index (χ3v) is 4.91. The van der Waals surface area contributed by atoms with E-state index in [0.29, 0.717) is 16.5 Å². The number of aromatic nitrogens is 1. The normalized spacial score (nSPS) is 10.8. The molecule has 22 heavy (non-hydrogen) atoms. The van der Waals surface area contributed by atoms with Crippen LogP contribution >= 0.6 is 23.1 Å². The molecule has 0 aliphatic carbocycles. The molecular formula is C16H12FNO2S2. The van der Waals surface area contributed by atoms with Crippen molar-refractivity contribution in [2.24, 2.45) is 0 Å². The molecule has 3 rings (SSSR count). The largest absolute Gasteiger partial charge is 0.494 e. The van der Waals surface area contributed by atoms with Gasteiger partial charge in [0.1, 0.15) is 11.6 Å². The lowest BCUT2D eigenvalue weighted by Crippen LogP contribution is -1.92. The maximum Gasteiger partial charge on any atom is 0.226 e. The Morgan fingerprint density at radius 2 is 2.05 bits per heavy atom. The van der Waals surface area contributed by atoms with Crippen LogP contribution in [-0.2, 0) is 0 Å². The second-order valence-electron chi connectivity index (χ2n) is 4.44. The number of nitrogens with zero attached hydrogens (tertiary/aromatic N) is 1. The van der Waals surface area contributed by atoms with Gasteiger partial charge < -0.3 is 4.74 Å². The lowest BCUT2D eigenvalue weighted by molar-refractivity contribution is 0.108. The van der Waals surface area contributed by atoms with Gasteiger partial charge in [-0.25, -0.2) is 9.37 Å². The number of thiazole rings is 1. The van der Waals surface area contributed by atoms with Crippen molar-refractivity contribution in [3.05, 3.63) is 53.8 Å². The van der Waals surface area contributed by atoms with E-state index < -0.39 is 0 Å². The summed E-state index contributed by atoms with van der Waals surface area (Å²) in [7, 11) is 0. The van der Waals surface area contributed by atoms with E-state index >= 15 is 0 Å². The predicted octanol–water partition coefficient (Wildman–Crippen LogP) is 4.77. The highest BCUT2D eigenvalue weighted by Crippen LogP contribution is 2.33. The molecule has 6 heteroatoms. The second kappa shape index (κ2) is 6.46. The van der Waals surface area contributed by atoms with Gasteiger partial charge in [0.2, 0.25) is 5.12 Å². The van der Waals surface area contributed by atoms with Crippen LogP contribution < -0.4 is 4.74 Å². The molecule has 0 radical (unpaired) electrons. The Labute approximate surface area is 135 Å². The topological polar surface area (TPSA) is 39.2 Å². The van der Waals surface area contributed by atoms with E-state index in [-0.39, 0.29) is 10.9 Å². The minimum Gasteiger partial charge on any atom is -0.494 e. The summed E-state index contributed by atoms with van der Waals surface area (Å²) in [5.74, 6) is 0.435. The van der Waals surface area contributed by atoms with E-state index in [4.69, 9.17) is 4.74 Å². The molecule has 0 atom stereocenters. The van der Waals surface area contributed by atoms with Crippen LogP contribution in [0.1, 0.15) is 17.3 Å². The molecule has 2 aromatic carbocycles. The number of carbonyl (C=O) groups is 1. The van der Waals surface area contributed by atoms with Gasteiger partial charge in [-0.05, 0) is 61.2 Å². The van der Waals surface area contributed by atoms with Gasteiger partial charge in [-0.1, -0.05) is 0 Å². The van der Waals surface area contributed by atoms with Crippen LogP contribution in [0.5, 0.6) is 5.75 Å². The molecule has 0 amide bonds. The smallest absolute Gasteiger partial charge is 0.226 e. The molecule has 1 aromatic heterocycles. The van der Waals surface area contributed by atoms with E-state index in [0.717, 1.165) is 27.7 Å². The molecule has 3 aromatic rings. The number of thioether (sulfide) groups is 1. The van der Waals surface area contributed by atoms with Crippen LogP contribution in [0.3, 0.4) is 0 Å². The van der Waals surface area contributed by atoms with Crippen molar-refractivity contribution >= 4 is 38.4 Å². The Bertz CT molecular complexity index is 815. The third kappa shape index (κ3) is 3.28. The lowest BCUT2D eigenvalue weighted by Gasteiger charge is -2.00. The second-order valence-corrected chi connectivity index (χ2v) is 6.69. The van der Waals surface area contributed by atoms with Crippen LogP contribution in [0.25, 0.3) is 10.2 Å². The van der Waals surface area contributed by atoms with Gasteiger partial charge in [-0.3, -0.25) is 4.79 Å². The summed E-state index contributed by atoms with van der Waals surface area (Å²) in [6, 6.07) is 11.2. The first-order chi connectivity index (χ1) is 10.7. The molecule has 0 aliphatic rings. The Hall–Kier alpha value is -1.92. The van der Waals surface area contributed by atoms with Crippen molar-refractivity contribution in [3.8, 4) is 5.75 Å². The van der Waals surface area contributed by atoms with E-state index in [2.05, 4.69) is 4.98 Å². The van der Waals surface area contributed by atoms with Crippen molar-refractivity contribution in [3.63, 3.8) is 0 Å². The molecular weight excluding hydrogens is 321 g/mol. The average Bonchev–Trinajstić information content (AvgIpc) is 2.89. The number of benzene rings is 2. The fraction of sp³-hybridized carbons (Fsp3) is 0.125. The van der Waals surface area contributed by atoms with Crippen LogP contribution in [0, 0.1) is 5.82 Å². The molecule has 0 N–H and O–H groups in total. The summed E-state index contributed by atoms with van der Waals surface area (Å²) < 4.78 is 20.0. The number of rotatable bonds is 4. The first-order valence-electron chi connectivity index (χ1n) is 6.67. The summed E-state index contributed by atoms with van der Waals surface area (Å²) in [5, 5.41) is -0.149. The Balaban J connectivity index is 1.81. The standard InChI is InChI=1S/C16H12FNO2S2/c1-2-20-12-7-8-13-14(9-12)21-16(18-13)22-15(19)10-3-5-11(17)6-4-10/h3-9H,2H2,1H3. The fourth-order valence-corrected chi connectivity index (χ4v) is 3.85. The number of carbonyl (C=O) groups excluding carboxylic acids is 1. The highest BCUT2D eigenvalue weighted by Gasteiger charge is 2.12. The number of ether oxygens (including phenoxy) is 1. The lowest BCUT2D eigenvalue weighted by atomic mass is 10.2. The van der Waals surface area contributed by atoms with Crippen molar-refractivity contribution in [1.29, 1.82) is 0 Å². The Morgan fingerprint density at radius 1 is 1.27 bits per heavy atom. The number of hydrogen-bond acceptors (Lipinski definition) is 5. The molecule has 1 heterocycles. The Morgan fingerprint density at radius 3 is 2.77 bits per heavy atom. The average molecular weight is 333 g/mol. The molecule has 0 fully saturated rings. The van der Waals surface area contributed by atoms with Crippen LogP contribution in [0.15, 0.2) is 46.8 Å². The quantitative estimate of drug-likeness (QED) is 0.645. The molecule has 0 unspecified atom stereocenters. The van der Waals surface area contributed by atoms with E-state index in [1.54, 1.807) is 0 Å². The zero-order valence-corrected chi connectivity index (χ0v) is 13.3. The Kier molecular flexibility index (Phi) is 4.40. The van der Waals surface area contributed by atoms with Gasteiger partial charge in [-0.2, -0.15) is 0 Å². The van der Waals surface area contributed by atoms with Gasteiger partial charge in [0.15, 0.2) is 4.34 Å². The summed E-state index contributed by atoms with van der Waals surface area (Å²) in [6.45, 7) is 2.54. The van der Waals surface area contributed by atoms with Crippen molar-refractivity contribution in [1.82, 2.24) is 4.98 Å². The third-order valence-electron chi connectivity index (χ3n) is 2.91. The first kappa shape index (κ1) is 15.0. The molecule has 0 aliphatic heterocycles. The number of halogens is 1. The number of fused-ring (bicyclic) bond motifs is 1. The summed E-state index contributed by atoms with van der Waals surface area (Å²) >= 11 is 2.49. The summed E-state index contributed by atoms with van der Waals surface area (Å²) in [4.78, 5) is 16.6. The minimum atomic E-state index is -0.356. The van der Waals surface area contributed by atoms with Gasteiger partial charge in [-0.15, -0.1) is 11.3 Å². The first-order valence-corrected chi connectivity index (χ1v) is 8.30. The van der Waals surface area contributed by atoms with Gasteiger partial charge in [0.25, 0.3) is 0 Å². The molecule has 112 valence electrons. The van der Waals surface area contributed by atoms with Gasteiger partial charge in [0.05, 0.1) is 16.8 Å². The SMILES string of the molecule is CCOc1ccc2nc(SC(=O)c3ccc(F)cc3)sc2c1. The van der Waals surface area contributed by atoms with Crippen LogP contribution in [0.4, 0.5) is 4.39 Å². The molecule has 0 bridgehead atoms. The van der Waals surface area contributed by atoms with Gasteiger partial charge >= 0.3 is 0 Å². The zero-order chi connectivity index (χ0) is 15.5. The summed E-state index contributed by atoms with van der Waals surface area (Å²) in [6.07, 6.45) is 0. The molecule has 0 saturated carbocycles. The monoisotopic (exact) mass is 333 g/mol. The highest BCUT2D eigenvalue weighted by molar-refractivity contribution is 8.15. The maximum atomic E-state index is 12.9. The maximum absolute atomic E-state index is 12.9. The van der Waals surface area contributed by atoms with Crippen LogP contribution in [0.2, 0.25) is 0 Å². The molecule has 0 spiro atoms. The summed E-state index contributed by atoms with van der Waals surface area (Å²) in [5.41, 5.74) is 1.29. The minimum absolute atomic E-state index is 0.149. The highest BCUT2D eigenvalue weighted by atomic mass is 32.2. The van der Waals surface area contributed by atoms with Crippen molar-refractivity contribution in [2.75, 3.05) is 6.61 Å². The zero-order valence-electron chi connectivity index (χ0n) is 11.7. The predicted molar refractivity (Wildman–Crippen MR) is 87.4 cm³/mol. The van der Waals surface area contributed by atoms with Crippen molar-refractivity contribution < 1.29 is 13.9 Å². The van der Waals surface area contributed by atoms with E-state index in [1.165, 1.54) is 35.6 Å². The van der Waals surface area contributed by atoms with E-state index in [1.807, 2.05) is 25.1 Å². The van der Waals surface area contributed by atoms with Crippen molar-refractivity contribution in [2.45, 2.75) is 11.3 Å². The fourth-order valence-electron chi connectivity index (χ4n) is 1.91. The van der Waals surface area contributed by atoms with Crippen LogP contribution in [-0.4, -0.2) is 16.7 Å². The number of hydrogen-bond donors (Lipinski definition) is 0. The van der Waals surface area contributed by atoms with E-state index in [9.17, 15) is 9.18 Å².